The minimum Gasteiger partial charge on any atom is -0.329 e. The van der Waals surface area contributed by atoms with Crippen molar-refractivity contribution in [3.8, 4) is 0 Å². The molecule has 2 nitrogen and oxygen atoms in total. The van der Waals surface area contributed by atoms with Crippen LogP contribution < -0.4 is 5.73 Å². The molecular formula is C13H28N2S. The van der Waals surface area contributed by atoms with Gasteiger partial charge in [0.2, 0.25) is 0 Å². The SMILES string of the molecule is CCCC1CCN(C(CN)CCSCC)C1. The van der Waals surface area contributed by atoms with Gasteiger partial charge in [0.25, 0.3) is 0 Å². The van der Waals surface area contributed by atoms with Gasteiger partial charge in [-0.25, -0.2) is 0 Å². The fraction of sp³-hybridized carbons (Fsp3) is 1.00. The fourth-order valence-electron chi connectivity index (χ4n) is 2.65. The van der Waals surface area contributed by atoms with Gasteiger partial charge in [0.1, 0.15) is 0 Å². The molecule has 0 amide bonds. The summed E-state index contributed by atoms with van der Waals surface area (Å²) in [5, 5.41) is 0. The molecule has 0 spiro atoms. The summed E-state index contributed by atoms with van der Waals surface area (Å²) in [5.41, 5.74) is 5.90. The van der Waals surface area contributed by atoms with Gasteiger partial charge in [-0.3, -0.25) is 4.90 Å². The molecular weight excluding hydrogens is 216 g/mol. The van der Waals surface area contributed by atoms with E-state index in [1.165, 1.54) is 50.3 Å². The normalized spacial score (nSPS) is 23.8. The molecule has 96 valence electrons. The molecule has 1 fully saturated rings. The van der Waals surface area contributed by atoms with Gasteiger partial charge in [-0.15, -0.1) is 0 Å². The third kappa shape index (κ3) is 4.64. The number of rotatable bonds is 8. The lowest BCUT2D eigenvalue weighted by molar-refractivity contribution is 0.232. The first-order chi connectivity index (χ1) is 7.81. The number of nitrogens with zero attached hydrogens (tertiary/aromatic N) is 1. The molecule has 2 unspecified atom stereocenters. The van der Waals surface area contributed by atoms with Crippen molar-refractivity contribution in [3.63, 3.8) is 0 Å². The first kappa shape index (κ1) is 14.3. The maximum absolute atomic E-state index is 5.90. The Bertz CT molecular complexity index is 175. The minimum atomic E-state index is 0.640. The van der Waals surface area contributed by atoms with Gasteiger partial charge >= 0.3 is 0 Å². The minimum absolute atomic E-state index is 0.640. The van der Waals surface area contributed by atoms with Crippen LogP contribution in [0, 0.1) is 5.92 Å². The zero-order valence-electron chi connectivity index (χ0n) is 11.0. The molecule has 16 heavy (non-hydrogen) atoms. The third-order valence-electron chi connectivity index (χ3n) is 3.60. The van der Waals surface area contributed by atoms with Gasteiger partial charge in [0.15, 0.2) is 0 Å². The van der Waals surface area contributed by atoms with Crippen molar-refractivity contribution in [1.29, 1.82) is 0 Å². The zero-order chi connectivity index (χ0) is 11.8. The molecule has 3 heteroatoms. The fourth-order valence-corrected chi connectivity index (χ4v) is 3.38. The maximum atomic E-state index is 5.90. The second-order valence-corrected chi connectivity index (χ2v) is 6.21. The van der Waals surface area contributed by atoms with E-state index in [0.29, 0.717) is 6.04 Å². The molecule has 0 aromatic rings. The lowest BCUT2D eigenvalue weighted by Gasteiger charge is -2.26. The Morgan fingerprint density at radius 1 is 1.44 bits per heavy atom. The largest absolute Gasteiger partial charge is 0.329 e. The lowest BCUT2D eigenvalue weighted by atomic mass is 10.0. The Kier molecular flexibility index (Phi) is 7.50. The van der Waals surface area contributed by atoms with E-state index in [2.05, 4.69) is 18.7 Å². The highest BCUT2D eigenvalue weighted by molar-refractivity contribution is 7.99. The van der Waals surface area contributed by atoms with Crippen LogP contribution in [0.1, 0.15) is 39.5 Å². The summed E-state index contributed by atoms with van der Waals surface area (Å²) in [6.07, 6.45) is 5.40. The lowest BCUT2D eigenvalue weighted by Crippen LogP contribution is -2.39. The van der Waals surface area contributed by atoms with Crippen molar-refractivity contribution in [2.75, 3.05) is 31.1 Å². The molecule has 0 aliphatic carbocycles. The van der Waals surface area contributed by atoms with Crippen LogP contribution in [0.25, 0.3) is 0 Å². The second-order valence-electron chi connectivity index (χ2n) is 4.81. The molecule has 2 N–H and O–H groups in total. The summed E-state index contributed by atoms with van der Waals surface area (Å²) >= 11 is 2.04. The van der Waals surface area contributed by atoms with Crippen LogP contribution in [0.3, 0.4) is 0 Å². The molecule has 0 aromatic heterocycles. The number of thioether (sulfide) groups is 1. The summed E-state index contributed by atoms with van der Waals surface area (Å²) in [6, 6.07) is 0.640. The van der Waals surface area contributed by atoms with Crippen molar-refractivity contribution in [1.82, 2.24) is 4.90 Å². The molecule has 1 aliphatic heterocycles. The number of nitrogens with two attached hydrogens (primary N) is 1. The summed E-state index contributed by atoms with van der Waals surface area (Å²) in [7, 11) is 0. The third-order valence-corrected chi connectivity index (χ3v) is 4.53. The zero-order valence-corrected chi connectivity index (χ0v) is 11.8. The van der Waals surface area contributed by atoms with E-state index in [0.717, 1.165) is 12.5 Å². The Morgan fingerprint density at radius 2 is 2.25 bits per heavy atom. The highest BCUT2D eigenvalue weighted by Crippen LogP contribution is 2.23. The first-order valence-electron chi connectivity index (χ1n) is 6.83. The average Bonchev–Trinajstić information content (AvgIpc) is 2.74. The number of hydrogen-bond acceptors (Lipinski definition) is 3. The van der Waals surface area contributed by atoms with Crippen LogP contribution in [-0.2, 0) is 0 Å². The smallest absolute Gasteiger partial charge is 0.0226 e. The molecule has 0 aromatic carbocycles. The summed E-state index contributed by atoms with van der Waals surface area (Å²) < 4.78 is 0. The van der Waals surface area contributed by atoms with Crippen molar-refractivity contribution in [2.24, 2.45) is 11.7 Å². The Morgan fingerprint density at radius 3 is 2.88 bits per heavy atom. The summed E-state index contributed by atoms with van der Waals surface area (Å²) in [5.74, 6) is 3.45. The van der Waals surface area contributed by atoms with E-state index in [4.69, 9.17) is 5.73 Å². The van der Waals surface area contributed by atoms with Crippen molar-refractivity contribution < 1.29 is 0 Å². The van der Waals surface area contributed by atoms with Crippen LogP contribution in [-0.4, -0.2) is 42.1 Å². The van der Waals surface area contributed by atoms with Crippen LogP contribution in [0.2, 0.25) is 0 Å². The molecule has 1 saturated heterocycles. The molecule has 1 rings (SSSR count). The van der Waals surface area contributed by atoms with Gasteiger partial charge in [-0.2, -0.15) is 11.8 Å². The molecule has 0 bridgehead atoms. The standard InChI is InChI=1S/C13H28N2S/c1-3-5-12-6-8-15(11-12)13(10-14)7-9-16-4-2/h12-13H,3-11,14H2,1-2H3. The highest BCUT2D eigenvalue weighted by Gasteiger charge is 2.26. The predicted octanol–water partition coefficient (Wildman–Crippen LogP) is 2.58. The Balaban J connectivity index is 2.25. The quantitative estimate of drug-likeness (QED) is 0.666. The average molecular weight is 244 g/mol. The van der Waals surface area contributed by atoms with Gasteiger partial charge < -0.3 is 5.73 Å². The van der Waals surface area contributed by atoms with Crippen molar-refractivity contribution in [3.05, 3.63) is 0 Å². The van der Waals surface area contributed by atoms with E-state index >= 15 is 0 Å². The number of hydrogen-bond donors (Lipinski definition) is 1. The highest BCUT2D eigenvalue weighted by atomic mass is 32.2. The van der Waals surface area contributed by atoms with E-state index in [-0.39, 0.29) is 0 Å². The second kappa shape index (κ2) is 8.37. The molecule has 0 saturated carbocycles. The van der Waals surface area contributed by atoms with Gasteiger partial charge in [0.05, 0.1) is 0 Å². The summed E-state index contributed by atoms with van der Waals surface area (Å²) in [6.45, 7) is 7.94. The van der Waals surface area contributed by atoms with Crippen LogP contribution in [0.15, 0.2) is 0 Å². The Labute approximate surface area is 105 Å². The van der Waals surface area contributed by atoms with Crippen LogP contribution in [0.4, 0.5) is 0 Å². The summed E-state index contributed by atoms with van der Waals surface area (Å²) in [4.78, 5) is 2.64. The van der Waals surface area contributed by atoms with Gasteiger partial charge in [-0.05, 0) is 43.2 Å². The van der Waals surface area contributed by atoms with Crippen molar-refractivity contribution >= 4 is 11.8 Å². The molecule has 2 atom stereocenters. The molecule has 0 radical (unpaired) electrons. The van der Waals surface area contributed by atoms with Gasteiger partial charge in [0, 0.05) is 19.1 Å². The molecule has 1 aliphatic rings. The molecule has 1 heterocycles. The first-order valence-corrected chi connectivity index (χ1v) is 7.99. The monoisotopic (exact) mass is 244 g/mol. The van der Waals surface area contributed by atoms with Gasteiger partial charge in [-0.1, -0.05) is 20.3 Å². The van der Waals surface area contributed by atoms with E-state index in [1.807, 2.05) is 11.8 Å². The van der Waals surface area contributed by atoms with E-state index in [9.17, 15) is 0 Å². The maximum Gasteiger partial charge on any atom is 0.0226 e. The van der Waals surface area contributed by atoms with Crippen LogP contribution >= 0.6 is 11.8 Å². The topological polar surface area (TPSA) is 29.3 Å². The van der Waals surface area contributed by atoms with Crippen LogP contribution in [0.5, 0.6) is 0 Å². The van der Waals surface area contributed by atoms with E-state index in [1.54, 1.807) is 0 Å². The predicted molar refractivity (Wildman–Crippen MR) is 75.0 cm³/mol. The van der Waals surface area contributed by atoms with E-state index < -0.39 is 0 Å². The Hall–Kier alpha value is 0.270. The number of likely N-dealkylation sites (tertiary alicyclic amines) is 1. The van der Waals surface area contributed by atoms with Crippen molar-refractivity contribution in [2.45, 2.75) is 45.6 Å².